The van der Waals surface area contributed by atoms with E-state index in [9.17, 15) is 4.79 Å². The molecule has 0 spiro atoms. The Morgan fingerprint density at radius 1 is 1.25 bits per heavy atom. The van der Waals surface area contributed by atoms with Crippen molar-refractivity contribution in [2.45, 2.75) is 13.0 Å². The molecule has 5 nitrogen and oxygen atoms in total. The van der Waals surface area contributed by atoms with Crippen LogP contribution in [0.2, 0.25) is 0 Å². The van der Waals surface area contributed by atoms with Crippen LogP contribution >= 0.6 is 0 Å². The molecule has 3 saturated heterocycles. The molecule has 4 rings (SSSR count). The van der Waals surface area contributed by atoms with Gasteiger partial charge in [-0.2, -0.15) is 0 Å². The predicted molar refractivity (Wildman–Crippen MR) is 80.0 cm³/mol. The fraction of sp³-hybridized carbons (Fsp3) is 0.533. The molecule has 2 bridgehead atoms. The topological polar surface area (TPSA) is 47.6 Å². The number of piperazine rings is 3. The van der Waals surface area contributed by atoms with Crippen molar-refractivity contribution >= 4 is 11.7 Å². The van der Waals surface area contributed by atoms with Gasteiger partial charge in [0.05, 0.1) is 0 Å². The molecule has 1 aromatic carbocycles. The second kappa shape index (κ2) is 5.81. The van der Waals surface area contributed by atoms with Crippen molar-refractivity contribution in [1.82, 2.24) is 15.1 Å². The summed E-state index contributed by atoms with van der Waals surface area (Å²) in [5.74, 6) is 0. The Morgan fingerprint density at radius 3 is 2.65 bits per heavy atom. The molecule has 1 unspecified atom stereocenters. The third kappa shape index (κ3) is 2.94. The Hall–Kier alpha value is -1.59. The summed E-state index contributed by atoms with van der Waals surface area (Å²) in [6, 6.07) is 8.17. The number of nitrogens with one attached hydrogen (secondary N) is 2. The zero-order valence-electron chi connectivity index (χ0n) is 11.9. The van der Waals surface area contributed by atoms with Gasteiger partial charge in [0.25, 0.3) is 0 Å². The number of urea groups is 1. The summed E-state index contributed by atoms with van der Waals surface area (Å²) in [6.45, 7) is 8.39. The molecule has 3 aliphatic rings. The molecule has 5 heteroatoms. The van der Waals surface area contributed by atoms with Crippen molar-refractivity contribution in [3.05, 3.63) is 29.8 Å². The predicted octanol–water partition coefficient (Wildman–Crippen LogP) is 1.12. The number of amides is 2. The highest BCUT2D eigenvalue weighted by molar-refractivity contribution is 5.90. The van der Waals surface area contributed by atoms with Crippen LogP contribution in [-0.4, -0.2) is 61.1 Å². The largest absolute Gasteiger partial charge is 0.336 e. The van der Waals surface area contributed by atoms with Gasteiger partial charge in [-0.1, -0.05) is 18.2 Å². The maximum Gasteiger partial charge on any atom is 0.319 e. The van der Waals surface area contributed by atoms with Crippen LogP contribution in [0.25, 0.3) is 0 Å². The summed E-state index contributed by atoms with van der Waals surface area (Å²) < 4.78 is 0. The smallest absolute Gasteiger partial charge is 0.319 e. The van der Waals surface area contributed by atoms with Crippen molar-refractivity contribution < 1.29 is 4.79 Å². The number of para-hydroxylation sites is 1. The fourth-order valence-electron chi connectivity index (χ4n) is 3.01. The Balaban J connectivity index is 1.49. The summed E-state index contributed by atoms with van der Waals surface area (Å²) in [4.78, 5) is 16.9. The number of anilines is 1. The van der Waals surface area contributed by atoms with E-state index in [0.717, 1.165) is 30.9 Å². The second-order valence-electron chi connectivity index (χ2n) is 5.64. The van der Waals surface area contributed by atoms with E-state index in [-0.39, 0.29) is 6.03 Å². The van der Waals surface area contributed by atoms with E-state index >= 15 is 0 Å². The van der Waals surface area contributed by atoms with Gasteiger partial charge in [0, 0.05) is 51.0 Å². The molecule has 3 heterocycles. The number of aryl methyl sites for hydroxylation is 1. The van der Waals surface area contributed by atoms with Crippen LogP contribution < -0.4 is 10.6 Å². The molecular weight excluding hydrogens is 252 g/mol. The standard InChI is InChI=1S/C15H22N4O/c1-12-4-2-3-5-14(12)17-15(20)16-10-13-11-18-6-8-19(13)9-7-18/h2-5,13H,6-11H2,1H3,(H2,16,17,20). The van der Waals surface area contributed by atoms with Crippen LogP contribution in [0, 0.1) is 6.92 Å². The molecule has 1 aromatic rings. The van der Waals surface area contributed by atoms with Gasteiger partial charge >= 0.3 is 6.03 Å². The van der Waals surface area contributed by atoms with Gasteiger partial charge in [0.15, 0.2) is 0 Å². The molecule has 0 radical (unpaired) electrons. The van der Waals surface area contributed by atoms with Crippen molar-refractivity contribution in [3.63, 3.8) is 0 Å². The van der Waals surface area contributed by atoms with Crippen LogP contribution in [0.15, 0.2) is 24.3 Å². The van der Waals surface area contributed by atoms with Crippen molar-refractivity contribution in [2.75, 3.05) is 44.6 Å². The highest BCUT2D eigenvalue weighted by atomic mass is 16.2. The summed E-state index contributed by atoms with van der Waals surface area (Å²) >= 11 is 0. The molecule has 3 fully saturated rings. The summed E-state index contributed by atoms with van der Waals surface area (Å²) in [5.41, 5.74) is 1.95. The second-order valence-corrected chi connectivity index (χ2v) is 5.64. The first-order valence-corrected chi connectivity index (χ1v) is 7.29. The zero-order chi connectivity index (χ0) is 13.9. The van der Waals surface area contributed by atoms with Gasteiger partial charge in [-0.3, -0.25) is 9.80 Å². The minimum atomic E-state index is -0.114. The Bertz CT molecular complexity index is 483. The van der Waals surface area contributed by atoms with Crippen LogP contribution in [0.1, 0.15) is 5.56 Å². The van der Waals surface area contributed by atoms with Crippen LogP contribution in [0.5, 0.6) is 0 Å². The first kappa shape index (κ1) is 13.4. The molecule has 0 aliphatic carbocycles. The minimum absolute atomic E-state index is 0.114. The SMILES string of the molecule is Cc1ccccc1NC(=O)NCC1CN2CCN1CC2. The van der Waals surface area contributed by atoms with E-state index in [1.165, 1.54) is 13.1 Å². The number of fused-ring (bicyclic) bond motifs is 3. The van der Waals surface area contributed by atoms with Gasteiger partial charge in [0.2, 0.25) is 0 Å². The molecule has 0 aromatic heterocycles. The molecule has 0 saturated carbocycles. The average Bonchev–Trinajstić information content (AvgIpc) is 2.49. The molecule has 3 aliphatic heterocycles. The third-order valence-electron chi connectivity index (χ3n) is 4.28. The first-order valence-electron chi connectivity index (χ1n) is 7.29. The van der Waals surface area contributed by atoms with E-state index in [0.29, 0.717) is 12.6 Å². The van der Waals surface area contributed by atoms with E-state index in [2.05, 4.69) is 20.4 Å². The maximum atomic E-state index is 12.0. The summed E-state index contributed by atoms with van der Waals surface area (Å²) in [6.07, 6.45) is 0. The van der Waals surface area contributed by atoms with Gasteiger partial charge < -0.3 is 10.6 Å². The summed E-state index contributed by atoms with van der Waals surface area (Å²) in [5, 5.41) is 5.91. The first-order chi connectivity index (χ1) is 9.72. The monoisotopic (exact) mass is 274 g/mol. The lowest BCUT2D eigenvalue weighted by Gasteiger charge is -2.47. The lowest BCUT2D eigenvalue weighted by molar-refractivity contribution is 0.0149. The number of nitrogens with zero attached hydrogens (tertiary/aromatic N) is 2. The van der Waals surface area contributed by atoms with Gasteiger partial charge in [-0.15, -0.1) is 0 Å². The molecule has 1 atom stereocenters. The van der Waals surface area contributed by atoms with Crippen molar-refractivity contribution in [3.8, 4) is 0 Å². The van der Waals surface area contributed by atoms with Crippen LogP contribution in [0.3, 0.4) is 0 Å². The van der Waals surface area contributed by atoms with Crippen molar-refractivity contribution in [2.24, 2.45) is 0 Å². The lowest BCUT2D eigenvalue weighted by atomic mass is 10.1. The number of rotatable bonds is 3. The molecule has 2 N–H and O–H groups in total. The average molecular weight is 274 g/mol. The highest BCUT2D eigenvalue weighted by Crippen LogP contribution is 2.15. The lowest BCUT2D eigenvalue weighted by Crippen LogP contribution is -2.63. The highest BCUT2D eigenvalue weighted by Gasteiger charge is 2.31. The molecule has 108 valence electrons. The Kier molecular flexibility index (Phi) is 3.89. The zero-order valence-corrected chi connectivity index (χ0v) is 11.9. The van der Waals surface area contributed by atoms with E-state index < -0.39 is 0 Å². The van der Waals surface area contributed by atoms with E-state index in [1.807, 2.05) is 31.2 Å². The minimum Gasteiger partial charge on any atom is -0.336 e. The Labute approximate surface area is 119 Å². The normalized spacial score (nSPS) is 28.1. The number of carbonyl (C=O) groups excluding carboxylic acids is 1. The van der Waals surface area contributed by atoms with E-state index in [1.54, 1.807) is 0 Å². The number of carbonyl (C=O) groups is 1. The molecular formula is C15H22N4O. The maximum absolute atomic E-state index is 12.0. The van der Waals surface area contributed by atoms with Gasteiger partial charge in [-0.25, -0.2) is 4.79 Å². The van der Waals surface area contributed by atoms with Crippen molar-refractivity contribution in [1.29, 1.82) is 0 Å². The number of hydrogen-bond donors (Lipinski definition) is 2. The van der Waals surface area contributed by atoms with E-state index in [4.69, 9.17) is 0 Å². The quantitative estimate of drug-likeness (QED) is 0.868. The van der Waals surface area contributed by atoms with Gasteiger partial charge in [0.1, 0.15) is 0 Å². The van der Waals surface area contributed by atoms with Crippen LogP contribution in [0.4, 0.5) is 10.5 Å². The number of hydrogen-bond acceptors (Lipinski definition) is 3. The Morgan fingerprint density at radius 2 is 2.00 bits per heavy atom. The third-order valence-corrected chi connectivity index (χ3v) is 4.28. The number of benzene rings is 1. The molecule has 2 amide bonds. The molecule has 20 heavy (non-hydrogen) atoms. The summed E-state index contributed by atoms with van der Waals surface area (Å²) in [7, 11) is 0. The van der Waals surface area contributed by atoms with Gasteiger partial charge in [-0.05, 0) is 18.6 Å². The fourth-order valence-corrected chi connectivity index (χ4v) is 3.01. The van der Waals surface area contributed by atoms with Crippen LogP contribution in [-0.2, 0) is 0 Å².